The summed E-state index contributed by atoms with van der Waals surface area (Å²) in [6.07, 6.45) is 3.41. The largest absolute Gasteiger partial charge is 0.492 e. The maximum atomic E-state index is 11.8. The van der Waals surface area contributed by atoms with Gasteiger partial charge in [-0.25, -0.2) is 14.3 Å². The number of ether oxygens (including phenoxy) is 1. The Hall–Kier alpha value is -1.97. The fourth-order valence-electron chi connectivity index (χ4n) is 3.78. The molecule has 1 aliphatic heterocycles. The second kappa shape index (κ2) is 13.1. The van der Waals surface area contributed by atoms with E-state index in [4.69, 9.17) is 16.3 Å². The number of benzene rings is 1. The molecule has 8 nitrogen and oxygen atoms in total. The Morgan fingerprint density at radius 1 is 1.18 bits per heavy atom. The van der Waals surface area contributed by atoms with Gasteiger partial charge < -0.3 is 15.0 Å². The van der Waals surface area contributed by atoms with E-state index in [1.807, 2.05) is 12.1 Å². The zero-order valence-corrected chi connectivity index (χ0v) is 21.0. The fourth-order valence-corrected chi connectivity index (χ4v) is 3.98. The highest BCUT2D eigenvalue weighted by atomic mass is 35.5. The summed E-state index contributed by atoms with van der Waals surface area (Å²) < 4.78 is 7.40. The minimum atomic E-state index is -0.301. The Balaban J connectivity index is 0.00000193. The Kier molecular flexibility index (Phi) is 10.8. The molecule has 0 atom stereocenters. The van der Waals surface area contributed by atoms with Crippen molar-refractivity contribution in [3.05, 3.63) is 57.6 Å². The van der Waals surface area contributed by atoms with Gasteiger partial charge in [-0.05, 0) is 43.7 Å². The van der Waals surface area contributed by atoms with Crippen molar-refractivity contribution < 1.29 is 4.74 Å². The van der Waals surface area contributed by atoms with Crippen molar-refractivity contribution in [1.29, 1.82) is 0 Å². The number of hydrogen-bond donors (Lipinski definition) is 2. The number of hydrogen-bond acceptors (Lipinski definition) is 6. The van der Waals surface area contributed by atoms with Gasteiger partial charge in [-0.1, -0.05) is 23.7 Å². The number of piperazine rings is 1. The lowest BCUT2D eigenvalue weighted by atomic mass is 10.1. The molecule has 1 fully saturated rings. The minimum Gasteiger partial charge on any atom is -0.492 e. The van der Waals surface area contributed by atoms with Gasteiger partial charge in [0.15, 0.2) is 5.65 Å². The van der Waals surface area contributed by atoms with Crippen LogP contribution in [0.3, 0.4) is 0 Å². The van der Waals surface area contributed by atoms with Crippen LogP contribution in [0.25, 0.3) is 5.65 Å². The van der Waals surface area contributed by atoms with Crippen molar-refractivity contribution in [1.82, 2.24) is 24.4 Å². The number of halogens is 3. The molecule has 182 valence electrons. The predicted molar refractivity (Wildman–Crippen MR) is 138 cm³/mol. The third kappa shape index (κ3) is 7.52. The number of H-pyrrole nitrogens is 1. The lowest BCUT2D eigenvalue weighted by molar-refractivity contribution is 0.133. The molecule has 0 aliphatic carbocycles. The number of aromatic nitrogens is 3. The molecule has 11 heteroatoms. The molecule has 0 bridgehead atoms. The standard InChI is InChI=1S/C22H29ClN6O2.2ClH/c1-27-8-10-28(11-9-27)12-13-31-19-6-2-4-17(14-19)5-3-7-24-20-15-18(23)16-29-21(20)25-26-22(29)30;;/h2,4,6,14-16,24H,3,5,7-13H2,1H3,(H,26,30);2*1H. The van der Waals surface area contributed by atoms with Gasteiger partial charge in [-0.15, -0.1) is 24.8 Å². The van der Waals surface area contributed by atoms with Gasteiger partial charge in [0, 0.05) is 45.5 Å². The highest BCUT2D eigenvalue weighted by molar-refractivity contribution is 6.30. The average molecular weight is 518 g/mol. The first-order valence-corrected chi connectivity index (χ1v) is 11.1. The number of aromatic amines is 1. The summed E-state index contributed by atoms with van der Waals surface area (Å²) in [5.41, 5.74) is 2.23. The van der Waals surface area contributed by atoms with Crippen molar-refractivity contribution in [3.8, 4) is 5.75 Å². The zero-order chi connectivity index (χ0) is 21.6. The molecule has 1 saturated heterocycles. The van der Waals surface area contributed by atoms with E-state index < -0.39 is 0 Å². The van der Waals surface area contributed by atoms with Crippen LogP contribution in [0, 0.1) is 0 Å². The predicted octanol–water partition coefficient (Wildman–Crippen LogP) is 3.19. The summed E-state index contributed by atoms with van der Waals surface area (Å²) >= 11 is 6.12. The van der Waals surface area contributed by atoms with Gasteiger partial charge in [-0.3, -0.25) is 4.90 Å². The zero-order valence-electron chi connectivity index (χ0n) is 18.6. The Labute approximate surface area is 211 Å². The maximum Gasteiger partial charge on any atom is 0.347 e. The number of pyridine rings is 1. The summed E-state index contributed by atoms with van der Waals surface area (Å²) in [5.74, 6) is 0.923. The lowest BCUT2D eigenvalue weighted by Gasteiger charge is -2.32. The van der Waals surface area contributed by atoms with Crippen molar-refractivity contribution in [3.63, 3.8) is 0 Å². The van der Waals surface area contributed by atoms with E-state index in [0.29, 0.717) is 17.3 Å². The fraction of sp³-hybridized carbons (Fsp3) is 0.455. The summed E-state index contributed by atoms with van der Waals surface area (Å²) in [5, 5.41) is 10.3. The Morgan fingerprint density at radius 3 is 2.76 bits per heavy atom. The first-order chi connectivity index (χ1) is 15.1. The number of fused-ring (bicyclic) bond motifs is 1. The molecule has 3 heterocycles. The van der Waals surface area contributed by atoms with E-state index in [0.717, 1.165) is 63.5 Å². The second-order valence-corrected chi connectivity index (χ2v) is 8.40. The van der Waals surface area contributed by atoms with Gasteiger partial charge in [0.25, 0.3) is 0 Å². The molecule has 0 unspecified atom stereocenters. The van der Waals surface area contributed by atoms with Crippen LogP contribution in [0.4, 0.5) is 5.69 Å². The number of aryl methyl sites for hydroxylation is 1. The average Bonchev–Trinajstić information content (AvgIpc) is 3.13. The number of rotatable bonds is 9. The molecular weight excluding hydrogens is 487 g/mol. The van der Waals surface area contributed by atoms with E-state index in [9.17, 15) is 4.79 Å². The third-order valence-corrected chi connectivity index (χ3v) is 5.81. The first kappa shape index (κ1) is 27.3. The van der Waals surface area contributed by atoms with Crippen LogP contribution in [0.2, 0.25) is 5.02 Å². The molecule has 33 heavy (non-hydrogen) atoms. The van der Waals surface area contributed by atoms with Crippen molar-refractivity contribution >= 4 is 47.7 Å². The molecule has 2 N–H and O–H groups in total. The smallest absolute Gasteiger partial charge is 0.347 e. The monoisotopic (exact) mass is 516 g/mol. The van der Waals surface area contributed by atoms with E-state index >= 15 is 0 Å². The number of nitrogens with one attached hydrogen (secondary N) is 2. The molecule has 0 radical (unpaired) electrons. The summed E-state index contributed by atoms with van der Waals surface area (Å²) in [6.45, 7) is 6.89. The van der Waals surface area contributed by atoms with Crippen LogP contribution in [0.1, 0.15) is 12.0 Å². The number of nitrogens with zero attached hydrogens (tertiary/aromatic N) is 4. The van der Waals surface area contributed by atoms with E-state index in [2.05, 4.69) is 44.5 Å². The van der Waals surface area contributed by atoms with E-state index in [1.54, 1.807) is 12.3 Å². The van der Waals surface area contributed by atoms with Gasteiger partial charge in [0.2, 0.25) is 0 Å². The van der Waals surface area contributed by atoms with Gasteiger partial charge in [-0.2, -0.15) is 5.10 Å². The Bertz CT molecular complexity index is 1070. The lowest BCUT2D eigenvalue weighted by Crippen LogP contribution is -2.45. The van der Waals surface area contributed by atoms with Crippen LogP contribution >= 0.6 is 36.4 Å². The molecule has 1 aliphatic rings. The van der Waals surface area contributed by atoms with Crippen LogP contribution < -0.4 is 15.7 Å². The van der Waals surface area contributed by atoms with Crippen LogP contribution in [-0.4, -0.2) is 77.3 Å². The van der Waals surface area contributed by atoms with Crippen LogP contribution in [0.15, 0.2) is 41.3 Å². The van der Waals surface area contributed by atoms with E-state index in [-0.39, 0.29) is 30.5 Å². The normalized spacial score (nSPS) is 14.5. The first-order valence-electron chi connectivity index (χ1n) is 10.7. The third-order valence-electron chi connectivity index (χ3n) is 5.61. The molecule has 0 amide bonds. The van der Waals surface area contributed by atoms with Crippen LogP contribution in [0.5, 0.6) is 5.75 Å². The summed E-state index contributed by atoms with van der Waals surface area (Å²) in [6, 6.07) is 10.1. The van der Waals surface area contributed by atoms with Crippen molar-refractivity contribution in [2.24, 2.45) is 0 Å². The molecule has 0 spiro atoms. The van der Waals surface area contributed by atoms with Gasteiger partial charge >= 0.3 is 5.69 Å². The summed E-state index contributed by atoms with van der Waals surface area (Å²) in [7, 11) is 2.17. The minimum absolute atomic E-state index is 0. The van der Waals surface area contributed by atoms with Gasteiger partial charge in [0.1, 0.15) is 12.4 Å². The van der Waals surface area contributed by atoms with Gasteiger partial charge in [0.05, 0.1) is 10.7 Å². The highest BCUT2D eigenvalue weighted by Crippen LogP contribution is 2.20. The number of likely N-dealkylation sites (N-methyl/N-ethyl adjacent to an activating group) is 1. The second-order valence-electron chi connectivity index (χ2n) is 7.97. The summed E-state index contributed by atoms with van der Waals surface area (Å²) in [4.78, 5) is 16.6. The Morgan fingerprint density at radius 2 is 1.97 bits per heavy atom. The van der Waals surface area contributed by atoms with Crippen molar-refractivity contribution in [2.75, 3.05) is 58.2 Å². The molecule has 3 aromatic rings. The quantitative estimate of drug-likeness (QED) is 0.425. The molecule has 0 saturated carbocycles. The molecule has 4 rings (SSSR count). The maximum absolute atomic E-state index is 11.8. The topological polar surface area (TPSA) is 77.9 Å². The van der Waals surface area contributed by atoms with Crippen molar-refractivity contribution in [2.45, 2.75) is 12.8 Å². The molecular formula is C22H31Cl3N6O2. The number of anilines is 1. The van der Waals surface area contributed by atoms with E-state index in [1.165, 1.54) is 9.96 Å². The highest BCUT2D eigenvalue weighted by Gasteiger charge is 2.13. The molecule has 2 aromatic heterocycles. The SMILES string of the molecule is CN1CCN(CCOc2cccc(CCCNc3cc(Cl)cn4c(=O)[nH]nc34)c2)CC1.Cl.Cl. The molecule has 1 aromatic carbocycles. The van der Waals surface area contributed by atoms with Crippen LogP contribution in [-0.2, 0) is 6.42 Å².